The molecule has 0 bridgehead atoms. The van der Waals surface area contributed by atoms with E-state index in [1.165, 1.54) is 19.3 Å². The van der Waals surface area contributed by atoms with Gasteiger partial charge in [-0.05, 0) is 48.0 Å². The second-order valence-corrected chi connectivity index (χ2v) is 7.42. The quantitative estimate of drug-likeness (QED) is 0.385. The van der Waals surface area contributed by atoms with Crippen molar-refractivity contribution in [1.29, 1.82) is 5.26 Å². The molecule has 1 amide bonds. The normalized spacial score (nSPS) is 12.5. The predicted octanol–water partition coefficient (Wildman–Crippen LogP) is 4.87. The molecule has 4 rings (SSSR count). The number of hydrogen-bond acceptors (Lipinski definition) is 6. The van der Waals surface area contributed by atoms with E-state index in [1.807, 2.05) is 6.07 Å². The molecule has 0 saturated carbocycles. The second kappa shape index (κ2) is 10.6. The summed E-state index contributed by atoms with van der Waals surface area (Å²) in [5, 5.41) is 12.2. The zero-order chi connectivity index (χ0) is 24.8. The highest BCUT2D eigenvalue weighted by atomic mass is 19.1. The van der Waals surface area contributed by atoms with E-state index in [9.17, 15) is 18.8 Å². The van der Waals surface area contributed by atoms with Gasteiger partial charge >= 0.3 is 0 Å². The summed E-state index contributed by atoms with van der Waals surface area (Å²) in [6, 6.07) is 14.8. The Morgan fingerprint density at radius 1 is 1.06 bits per heavy atom. The number of nitrogens with one attached hydrogen (secondary N) is 1. The molecule has 0 spiro atoms. The first kappa shape index (κ1) is 23.6. The van der Waals surface area contributed by atoms with E-state index in [4.69, 9.17) is 18.9 Å². The largest absolute Gasteiger partial charge is 0.496 e. The number of carbonyl (C=O) groups is 1. The Hall–Kier alpha value is -4.58. The monoisotopic (exact) mass is 478 g/mol. The summed E-state index contributed by atoms with van der Waals surface area (Å²) in [5.74, 6) is -0.713. The summed E-state index contributed by atoms with van der Waals surface area (Å²) < 4.78 is 48.8. The fraction of sp³-hybridized carbons (Fsp3) is 0.154. The van der Waals surface area contributed by atoms with Crippen LogP contribution in [0.1, 0.15) is 11.1 Å². The van der Waals surface area contributed by atoms with E-state index in [0.29, 0.717) is 47.3 Å². The lowest BCUT2D eigenvalue weighted by molar-refractivity contribution is -0.112. The standard InChI is InChI=1S/C26H20F2N2O5/c1-32-22-5-2-16(11-18(22)15-35-23-6-3-19(27)12-21(23)28)10-17(14-29)26(31)30-20-4-7-24-25(13-20)34-9-8-33-24/h2-7,10-13H,8-9,15H2,1H3,(H,30,31). The van der Waals surface area contributed by atoms with Crippen molar-refractivity contribution in [2.45, 2.75) is 6.61 Å². The first-order chi connectivity index (χ1) is 17.0. The minimum absolute atomic E-state index is 0.0846. The molecule has 9 heteroatoms. The lowest BCUT2D eigenvalue weighted by Crippen LogP contribution is -2.17. The smallest absolute Gasteiger partial charge is 0.266 e. The van der Waals surface area contributed by atoms with Gasteiger partial charge < -0.3 is 24.3 Å². The summed E-state index contributed by atoms with van der Waals surface area (Å²) in [4.78, 5) is 12.7. The molecule has 0 atom stereocenters. The molecule has 0 radical (unpaired) electrons. The Morgan fingerprint density at radius 2 is 1.83 bits per heavy atom. The highest BCUT2D eigenvalue weighted by Gasteiger charge is 2.15. The van der Waals surface area contributed by atoms with Crippen LogP contribution in [0.3, 0.4) is 0 Å². The van der Waals surface area contributed by atoms with Crippen molar-refractivity contribution >= 4 is 17.7 Å². The number of nitrogens with zero attached hydrogens (tertiary/aromatic N) is 1. The van der Waals surface area contributed by atoms with Crippen molar-refractivity contribution in [3.05, 3.63) is 82.9 Å². The molecule has 3 aromatic carbocycles. The molecule has 0 fully saturated rings. The van der Waals surface area contributed by atoms with Gasteiger partial charge in [0.1, 0.15) is 43.0 Å². The summed E-state index contributed by atoms with van der Waals surface area (Å²) >= 11 is 0. The van der Waals surface area contributed by atoms with Crippen LogP contribution in [0.5, 0.6) is 23.0 Å². The summed E-state index contributed by atoms with van der Waals surface area (Å²) in [6.07, 6.45) is 1.41. The molecular formula is C26H20F2N2O5. The van der Waals surface area contributed by atoms with Gasteiger partial charge in [0.15, 0.2) is 23.1 Å². The average molecular weight is 478 g/mol. The number of fused-ring (bicyclic) bond motifs is 1. The predicted molar refractivity (Wildman–Crippen MR) is 123 cm³/mol. The van der Waals surface area contributed by atoms with E-state index in [1.54, 1.807) is 36.4 Å². The van der Waals surface area contributed by atoms with Crippen LogP contribution in [0.15, 0.2) is 60.2 Å². The third-order valence-electron chi connectivity index (χ3n) is 5.06. The highest BCUT2D eigenvalue weighted by Crippen LogP contribution is 2.33. The highest BCUT2D eigenvalue weighted by molar-refractivity contribution is 6.09. The molecule has 0 saturated heterocycles. The Balaban J connectivity index is 1.51. The molecular weight excluding hydrogens is 458 g/mol. The third-order valence-corrected chi connectivity index (χ3v) is 5.06. The molecule has 1 N–H and O–H groups in total. The maximum absolute atomic E-state index is 13.9. The van der Waals surface area contributed by atoms with Gasteiger partial charge in [-0.3, -0.25) is 4.79 Å². The van der Waals surface area contributed by atoms with Crippen LogP contribution in [0.2, 0.25) is 0 Å². The van der Waals surface area contributed by atoms with Crippen LogP contribution in [0.25, 0.3) is 6.08 Å². The van der Waals surface area contributed by atoms with Gasteiger partial charge in [-0.15, -0.1) is 0 Å². The van der Waals surface area contributed by atoms with Crippen LogP contribution < -0.4 is 24.3 Å². The van der Waals surface area contributed by atoms with E-state index in [0.717, 1.165) is 12.1 Å². The van der Waals surface area contributed by atoms with E-state index in [2.05, 4.69) is 5.32 Å². The zero-order valence-corrected chi connectivity index (χ0v) is 18.6. The first-order valence-electron chi connectivity index (χ1n) is 10.5. The SMILES string of the molecule is COc1ccc(C=C(C#N)C(=O)Nc2ccc3c(c2)OCCO3)cc1COc1ccc(F)cc1F. The number of methoxy groups -OCH3 is 1. The Kier molecular flexibility index (Phi) is 7.12. The number of nitriles is 1. The van der Waals surface area contributed by atoms with Crippen LogP contribution in [-0.2, 0) is 11.4 Å². The molecule has 1 aliphatic heterocycles. The van der Waals surface area contributed by atoms with Crippen LogP contribution in [0.4, 0.5) is 14.5 Å². The molecule has 1 aliphatic rings. The fourth-order valence-corrected chi connectivity index (χ4v) is 3.38. The summed E-state index contributed by atoms with van der Waals surface area (Å²) in [5.41, 5.74) is 1.37. The maximum atomic E-state index is 13.9. The van der Waals surface area contributed by atoms with Crippen molar-refractivity contribution < 1.29 is 32.5 Å². The van der Waals surface area contributed by atoms with Gasteiger partial charge in [0.25, 0.3) is 5.91 Å². The number of amides is 1. The minimum Gasteiger partial charge on any atom is -0.496 e. The van der Waals surface area contributed by atoms with Gasteiger partial charge in [0.05, 0.1) is 7.11 Å². The summed E-state index contributed by atoms with van der Waals surface area (Å²) in [6.45, 7) is 0.775. The second-order valence-electron chi connectivity index (χ2n) is 7.42. The Morgan fingerprint density at radius 3 is 2.57 bits per heavy atom. The van der Waals surface area contributed by atoms with E-state index >= 15 is 0 Å². The third kappa shape index (κ3) is 5.68. The van der Waals surface area contributed by atoms with Gasteiger partial charge in [0.2, 0.25) is 0 Å². The Bertz CT molecular complexity index is 1330. The average Bonchev–Trinajstić information content (AvgIpc) is 2.86. The van der Waals surface area contributed by atoms with Crippen LogP contribution in [0, 0.1) is 23.0 Å². The number of carbonyl (C=O) groups excluding carboxylic acids is 1. The minimum atomic E-state index is -0.831. The van der Waals surface area contributed by atoms with Crippen LogP contribution in [-0.4, -0.2) is 26.2 Å². The molecule has 1 heterocycles. The number of hydrogen-bond donors (Lipinski definition) is 1. The lowest BCUT2D eigenvalue weighted by atomic mass is 10.1. The van der Waals surface area contributed by atoms with Crippen molar-refractivity contribution in [3.8, 4) is 29.1 Å². The number of benzene rings is 3. The van der Waals surface area contributed by atoms with Gasteiger partial charge in [-0.25, -0.2) is 8.78 Å². The van der Waals surface area contributed by atoms with Gasteiger partial charge in [-0.2, -0.15) is 5.26 Å². The molecule has 0 aliphatic carbocycles. The number of anilines is 1. The first-order valence-corrected chi connectivity index (χ1v) is 10.5. The van der Waals surface area contributed by atoms with Crippen molar-refractivity contribution in [1.82, 2.24) is 0 Å². The maximum Gasteiger partial charge on any atom is 0.266 e. The Labute approximate surface area is 200 Å². The van der Waals surface area contributed by atoms with E-state index in [-0.39, 0.29) is 17.9 Å². The fourth-order valence-electron chi connectivity index (χ4n) is 3.38. The van der Waals surface area contributed by atoms with Crippen LogP contribution >= 0.6 is 0 Å². The molecule has 0 aromatic heterocycles. The van der Waals surface area contributed by atoms with Crippen molar-refractivity contribution in [2.24, 2.45) is 0 Å². The zero-order valence-electron chi connectivity index (χ0n) is 18.6. The molecule has 35 heavy (non-hydrogen) atoms. The number of ether oxygens (including phenoxy) is 4. The lowest BCUT2D eigenvalue weighted by Gasteiger charge is -2.18. The number of halogens is 2. The van der Waals surface area contributed by atoms with Gasteiger partial charge in [0, 0.05) is 23.4 Å². The van der Waals surface area contributed by atoms with Crippen molar-refractivity contribution in [3.63, 3.8) is 0 Å². The molecule has 3 aromatic rings. The number of rotatable bonds is 7. The molecule has 0 unspecified atom stereocenters. The molecule has 7 nitrogen and oxygen atoms in total. The van der Waals surface area contributed by atoms with E-state index < -0.39 is 17.5 Å². The summed E-state index contributed by atoms with van der Waals surface area (Å²) in [7, 11) is 1.47. The topological polar surface area (TPSA) is 89.8 Å². The molecule has 178 valence electrons. The van der Waals surface area contributed by atoms with Crippen molar-refractivity contribution in [2.75, 3.05) is 25.6 Å². The van der Waals surface area contributed by atoms with Gasteiger partial charge in [-0.1, -0.05) is 6.07 Å².